The largest absolute Gasteiger partial charge is 0.383 e. The molecule has 1 saturated heterocycles. The Bertz CT molecular complexity index is 614. The fourth-order valence-corrected chi connectivity index (χ4v) is 2.88. The Balaban J connectivity index is 1.67. The molecule has 2 heterocycles. The maximum atomic E-state index is 5.48. The Morgan fingerprint density at radius 2 is 2.24 bits per heavy atom. The number of fused-ring (bicyclic) bond motifs is 1. The molecule has 1 N–H and O–H groups in total. The fourth-order valence-electron chi connectivity index (χ4n) is 2.88. The second-order valence-electron chi connectivity index (χ2n) is 5.72. The minimum Gasteiger partial charge on any atom is -0.383 e. The van der Waals surface area contributed by atoms with Crippen molar-refractivity contribution < 1.29 is 4.74 Å². The molecule has 4 nitrogen and oxygen atoms in total. The molecule has 0 aliphatic carbocycles. The van der Waals surface area contributed by atoms with Crippen molar-refractivity contribution in [2.75, 3.05) is 38.2 Å². The first-order valence-corrected chi connectivity index (χ1v) is 7.66. The van der Waals surface area contributed by atoms with Gasteiger partial charge < -0.3 is 10.1 Å². The highest BCUT2D eigenvalue weighted by Crippen LogP contribution is 2.22. The number of anilines is 1. The van der Waals surface area contributed by atoms with E-state index in [4.69, 9.17) is 4.74 Å². The van der Waals surface area contributed by atoms with Crippen LogP contribution in [0.5, 0.6) is 0 Å². The van der Waals surface area contributed by atoms with Gasteiger partial charge in [0, 0.05) is 42.4 Å². The molecule has 1 aromatic heterocycles. The maximum Gasteiger partial charge on any atom is 0.0725 e. The average Bonchev–Trinajstić information content (AvgIpc) is 2.49. The number of nitrogens with zero attached hydrogens (tertiary/aromatic N) is 2. The number of para-hydroxylation sites is 1. The molecule has 1 unspecified atom stereocenters. The topological polar surface area (TPSA) is 37.4 Å². The second-order valence-corrected chi connectivity index (χ2v) is 5.72. The van der Waals surface area contributed by atoms with Crippen LogP contribution in [0.4, 0.5) is 5.69 Å². The third-order valence-electron chi connectivity index (χ3n) is 4.06. The van der Waals surface area contributed by atoms with Crippen molar-refractivity contribution in [2.45, 2.75) is 19.9 Å². The first kappa shape index (κ1) is 14.3. The summed E-state index contributed by atoms with van der Waals surface area (Å²) in [6.07, 6.45) is 0. The van der Waals surface area contributed by atoms with Gasteiger partial charge in [-0.2, -0.15) is 0 Å². The lowest BCUT2D eigenvalue weighted by molar-refractivity contribution is 0.00182. The Labute approximate surface area is 126 Å². The highest BCUT2D eigenvalue weighted by molar-refractivity contribution is 5.91. The van der Waals surface area contributed by atoms with E-state index in [1.54, 1.807) is 0 Å². The third-order valence-corrected chi connectivity index (χ3v) is 4.06. The fraction of sp³-hybridized carbons (Fsp3) is 0.471. The lowest BCUT2D eigenvalue weighted by Crippen LogP contribution is -2.45. The van der Waals surface area contributed by atoms with Gasteiger partial charge in [-0.3, -0.25) is 9.88 Å². The van der Waals surface area contributed by atoms with E-state index in [1.807, 2.05) is 13.0 Å². The van der Waals surface area contributed by atoms with Gasteiger partial charge in [-0.05, 0) is 26.0 Å². The summed E-state index contributed by atoms with van der Waals surface area (Å²) in [5, 5.41) is 4.77. The van der Waals surface area contributed by atoms with E-state index in [1.165, 1.54) is 11.1 Å². The smallest absolute Gasteiger partial charge is 0.0725 e. The van der Waals surface area contributed by atoms with Crippen LogP contribution in [0.1, 0.15) is 12.6 Å². The summed E-state index contributed by atoms with van der Waals surface area (Å²) in [7, 11) is 0. The van der Waals surface area contributed by atoms with Crippen LogP contribution >= 0.6 is 0 Å². The van der Waals surface area contributed by atoms with Gasteiger partial charge in [0.1, 0.15) is 0 Å². The summed E-state index contributed by atoms with van der Waals surface area (Å²) in [5.74, 6) is 0. The van der Waals surface area contributed by atoms with Gasteiger partial charge in [-0.1, -0.05) is 18.2 Å². The van der Waals surface area contributed by atoms with Crippen LogP contribution in [0, 0.1) is 6.92 Å². The van der Waals surface area contributed by atoms with Gasteiger partial charge in [0.25, 0.3) is 0 Å². The summed E-state index contributed by atoms with van der Waals surface area (Å²) >= 11 is 0. The number of pyridine rings is 1. The molecule has 1 aliphatic heterocycles. The van der Waals surface area contributed by atoms with Gasteiger partial charge in [0.05, 0.1) is 18.7 Å². The van der Waals surface area contributed by atoms with Crippen LogP contribution in [0.3, 0.4) is 0 Å². The third kappa shape index (κ3) is 3.34. The number of hydrogen-bond donors (Lipinski definition) is 1. The average molecular weight is 285 g/mol. The maximum absolute atomic E-state index is 5.48. The van der Waals surface area contributed by atoms with Crippen LogP contribution in [0.15, 0.2) is 30.3 Å². The number of nitrogens with one attached hydrogen (secondary N) is 1. The zero-order valence-corrected chi connectivity index (χ0v) is 12.8. The molecule has 0 spiro atoms. The highest BCUT2D eigenvalue weighted by atomic mass is 16.5. The Morgan fingerprint density at radius 1 is 1.38 bits per heavy atom. The lowest BCUT2D eigenvalue weighted by Gasteiger charge is -2.33. The first-order valence-electron chi connectivity index (χ1n) is 7.66. The quantitative estimate of drug-likeness (QED) is 0.937. The molecule has 0 saturated carbocycles. The van der Waals surface area contributed by atoms with Crippen molar-refractivity contribution in [3.8, 4) is 0 Å². The van der Waals surface area contributed by atoms with E-state index in [9.17, 15) is 0 Å². The van der Waals surface area contributed by atoms with Crippen LogP contribution < -0.4 is 5.32 Å². The van der Waals surface area contributed by atoms with E-state index < -0.39 is 0 Å². The number of morpholine rings is 1. The van der Waals surface area contributed by atoms with Crippen molar-refractivity contribution in [2.24, 2.45) is 0 Å². The molecule has 1 fully saturated rings. The van der Waals surface area contributed by atoms with Crippen LogP contribution in [-0.4, -0.2) is 48.8 Å². The molecule has 2 aromatic rings. The van der Waals surface area contributed by atoms with Crippen molar-refractivity contribution in [1.82, 2.24) is 9.88 Å². The minimum absolute atomic E-state index is 0.511. The molecule has 1 aliphatic rings. The van der Waals surface area contributed by atoms with Crippen LogP contribution in [-0.2, 0) is 4.74 Å². The number of aromatic nitrogens is 1. The molecule has 21 heavy (non-hydrogen) atoms. The molecule has 3 rings (SSSR count). The monoisotopic (exact) mass is 285 g/mol. The van der Waals surface area contributed by atoms with Crippen LogP contribution in [0.25, 0.3) is 10.9 Å². The summed E-state index contributed by atoms with van der Waals surface area (Å²) in [6.45, 7) is 8.97. The molecule has 1 aromatic carbocycles. The van der Waals surface area contributed by atoms with Crippen molar-refractivity contribution in [1.29, 1.82) is 0 Å². The van der Waals surface area contributed by atoms with Gasteiger partial charge in [-0.25, -0.2) is 0 Å². The van der Waals surface area contributed by atoms with Gasteiger partial charge in [0.2, 0.25) is 0 Å². The summed E-state index contributed by atoms with van der Waals surface area (Å²) in [6, 6.07) is 10.9. The number of rotatable bonds is 4. The van der Waals surface area contributed by atoms with E-state index in [0.29, 0.717) is 6.04 Å². The van der Waals surface area contributed by atoms with Gasteiger partial charge in [-0.15, -0.1) is 0 Å². The molecule has 0 radical (unpaired) electrons. The Hall–Kier alpha value is -1.65. The minimum atomic E-state index is 0.511. The summed E-state index contributed by atoms with van der Waals surface area (Å²) in [5.41, 5.74) is 3.29. The Kier molecular flexibility index (Phi) is 4.36. The Morgan fingerprint density at radius 3 is 3.10 bits per heavy atom. The van der Waals surface area contributed by atoms with E-state index in [2.05, 4.69) is 46.4 Å². The molecule has 0 amide bonds. The molecule has 112 valence electrons. The number of hydrogen-bond acceptors (Lipinski definition) is 4. The van der Waals surface area contributed by atoms with E-state index >= 15 is 0 Å². The second kappa shape index (κ2) is 6.41. The highest BCUT2D eigenvalue weighted by Gasteiger charge is 2.17. The number of benzene rings is 1. The van der Waals surface area contributed by atoms with Crippen molar-refractivity contribution >= 4 is 16.6 Å². The predicted octanol–water partition coefficient (Wildman–Crippen LogP) is 2.68. The van der Waals surface area contributed by atoms with Crippen LogP contribution in [0.2, 0.25) is 0 Å². The normalized spacial score (nSPS) is 19.8. The number of ether oxygens (including phenoxy) is 1. The van der Waals surface area contributed by atoms with Crippen molar-refractivity contribution in [3.63, 3.8) is 0 Å². The standard InChI is InChI=1S/C17H23N3O/c1-13-11-17(15-5-3-4-6-16(15)19-13)18-7-8-20-9-10-21-12-14(20)2/h3-6,11,14H,7-10,12H2,1-2H3,(H,18,19). The SMILES string of the molecule is Cc1cc(NCCN2CCOCC2C)c2ccccc2n1. The molecule has 4 heteroatoms. The van der Waals surface area contributed by atoms with Gasteiger partial charge in [0.15, 0.2) is 0 Å². The van der Waals surface area contributed by atoms with Crippen molar-refractivity contribution in [3.05, 3.63) is 36.0 Å². The molecular formula is C17H23N3O. The van der Waals surface area contributed by atoms with E-state index in [-0.39, 0.29) is 0 Å². The number of aryl methyl sites for hydroxylation is 1. The molecular weight excluding hydrogens is 262 g/mol. The van der Waals surface area contributed by atoms with E-state index in [0.717, 1.165) is 44.1 Å². The predicted molar refractivity (Wildman–Crippen MR) is 86.8 cm³/mol. The van der Waals surface area contributed by atoms with Gasteiger partial charge >= 0.3 is 0 Å². The summed E-state index contributed by atoms with van der Waals surface area (Å²) in [4.78, 5) is 7.06. The lowest BCUT2D eigenvalue weighted by atomic mass is 10.1. The first-order chi connectivity index (χ1) is 10.2. The summed E-state index contributed by atoms with van der Waals surface area (Å²) < 4.78 is 5.48. The zero-order chi connectivity index (χ0) is 14.7. The zero-order valence-electron chi connectivity index (χ0n) is 12.8. The molecule has 0 bridgehead atoms. The molecule has 1 atom stereocenters.